The van der Waals surface area contributed by atoms with Gasteiger partial charge in [0.15, 0.2) is 5.78 Å². The largest absolute Gasteiger partial charge is 0.341 e. The van der Waals surface area contributed by atoms with Crippen LogP contribution in [0.4, 0.5) is 0 Å². The maximum atomic E-state index is 13.9. The number of nitrogens with zero attached hydrogens (tertiary/aromatic N) is 1. The third-order valence-electron chi connectivity index (χ3n) is 9.58. The number of benzene rings is 3. The van der Waals surface area contributed by atoms with Gasteiger partial charge in [-0.1, -0.05) is 54.1 Å². The number of allylic oxidation sites excluding steroid dienone is 1. The van der Waals surface area contributed by atoms with Crippen LogP contribution < -0.4 is 0 Å². The van der Waals surface area contributed by atoms with Crippen molar-refractivity contribution in [3.8, 4) is 0 Å². The molecule has 1 heterocycles. The smallest absolute Gasteiger partial charge is 0.161 e. The van der Waals surface area contributed by atoms with E-state index >= 15 is 0 Å². The Kier molecular flexibility index (Phi) is 5.02. The Hall–Kier alpha value is -2.84. The van der Waals surface area contributed by atoms with Gasteiger partial charge in [-0.15, -0.1) is 0 Å². The second-order valence-corrected chi connectivity index (χ2v) is 12.2. The Balaban J connectivity index is 1.22. The summed E-state index contributed by atoms with van der Waals surface area (Å²) in [4.78, 5) is 13.9. The fourth-order valence-electron chi connectivity index (χ4n) is 8.56. The third kappa shape index (κ3) is 3.34. The van der Waals surface area contributed by atoms with Crippen LogP contribution in [0.1, 0.15) is 56.6 Å². The van der Waals surface area contributed by atoms with Crippen molar-refractivity contribution in [1.82, 2.24) is 4.57 Å². The van der Waals surface area contributed by atoms with E-state index in [0.717, 1.165) is 36.4 Å². The van der Waals surface area contributed by atoms with Crippen molar-refractivity contribution in [2.45, 2.75) is 57.4 Å². The van der Waals surface area contributed by atoms with E-state index < -0.39 is 0 Å². The minimum absolute atomic E-state index is 0.138. The maximum absolute atomic E-state index is 13.9. The minimum atomic E-state index is -0.206. The highest BCUT2D eigenvalue weighted by molar-refractivity contribution is 6.30. The summed E-state index contributed by atoms with van der Waals surface area (Å²) in [5.74, 6) is 1.66. The number of ketones is 1. The first kappa shape index (κ1) is 22.4. The van der Waals surface area contributed by atoms with Crippen LogP contribution in [0.3, 0.4) is 0 Å². The van der Waals surface area contributed by atoms with Gasteiger partial charge in [0.2, 0.25) is 0 Å². The van der Waals surface area contributed by atoms with E-state index in [9.17, 15) is 4.79 Å². The SMILES string of the molecule is CCn1c2ccccc2c2cc(C=CC(=O)C34CC5CC(C3)CC(c3ccc(Cl)cc3)(C5)C4)ccc21. The van der Waals surface area contributed by atoms with Crippen LogP contribution in [0.2, 0.25) is 5.02 Å². The summed E-state index contributed by atoms with van der Waals surface area (Å²) in [6, 6.07) is 23.7. The number of hydrogen-bond donors (Lipinski definition) is 0. The maximum Gasteiger partial charge on any atom is 0.161 e. The molecule has 4 saturated carbocycles. The van der Waals surface area contributed by atoms with Crippen LogP contribution in [-0.4, -0.2) is 10.4 Å². The van der Waals surface area contributed by atoms with Gasteiger partial charge in [0.1, 0.15) is 0 Å². The highest BCUT2D eigenvalue weighted by Crippen LogP contribution is 2.66. The Morgan fingerprint density at radius 2 is 1.67 bits per heavy atom. The number of halogens is 1. The molecule has 3 aromatic carbocycles. The number of carbonyl (C=O) groups excluding carboxylic acids is 1. The van der Waals surface area contributed by atoms with Gasteiger partial charge in [-0.25, -0.2) is 0 Å². The molecule has 36 heavy (non-hydrogen) atoms. The topological polar surface area (TPSA) is 22.0 Å². The molecule has 0 spiro atoms. The van der Waals surface area contributed by atoms with E-state index in [-0.39, 0.29) is 10.8 Å². The highest BCUT2D eigenvalue weighted by atomic mass is 35.5. The first-order chi connectivity index (χ1) is 17.5. The quantitative estimate of drug-likeness (QED) is 0.255. The van der Waals surface area contributed by atoms with Gasteiger partial charge in [0, 0.05) is 38.8 Å². The van der Waals surface area contributed by atoms with Gasteiger partial charge >= 0.3 is 0 Å². The van der Waals surface area contributed by atoms with E-state index in [1.807, 2.05) is 18.2 Å². The van der Waals surface area contributed by atoms with Crippen molar-refractivity contribution >= 4 is 45.3 Å². The lowest BCUT2D eigenvalue weighted by Crippen LogP contribution is -2.56. The van der Waals surface area contributed by atoms with Gasteiger partial charge in [-0.3, -0.25) is 4.79 Å². The van der Waals surface area contributed by atoms with Crippen molar-refractivity contribution in [2.75, 3.05) is 0 Å². The summed E-state index contributed by atoms with van der Waals surface area (Å²) in [7, 11) is 0. The molecule has 4 aromatic rings. The molecule has 182 valence electrons. The van der Waals surface area contributed by atoms with Crippen LogP contribution in [0.25, 0.3) is 27.9 Å². The van der Waals surface area contributed by atoms with Crippen molar-refractivity contribution in [1.29, 1.82) is 0 Å². The molecule has 4 aliphatic rings. The standard InChI is InChI=1S/C33H32ClNO/c1-2-35-29-6-4-3-5-27(29)28-16-22(7-13-30(28)35)8-14-31(36)33-19-23-15-24(20-33)18-32(17-23,21-33)25-9-11-26(34)12-10-25/h3-14,16,23-24H,2,15,17-21H2,1H3. The van der Waals surface area contributed by atoms with Crippen LogP contribution in [0.15, 0.2) is 72.8 Å². The molecule has 3 heteroatoms. The average molecular weight is 494 g/mol. The number of rotatable bonds is 5. The van der Waals surface area contributed by atoms with Crippen LogP contribution in [0, 0.1) is 17.3 Å². The monoisotopic (exact) mass is 493 g/mol. The number of aryl methyl sites for hydroxylation is 1. The molecule has 4 fully saturated rings. The fourth-order valence-corrected chi connectivity index (χ4v) is 8.68. The summed E-state index contributed by atoms with van der Waals surface area (Å²) in [5, 5.41) is 3.33. The Bertz CT molecular complexity index is 1510. The molecular formula is C33H32ClNO. The summed E-state index contributed by atoms with van der Waals surface area (Å²) in [6.07, 6.45) is 10.8. The van der Waals surface area contributed by atoms with Gasteiger partial charge in [-0.2, -0.15) is 0 Å². The van der Waals surface area contributed by atoms with Gasteiger partial charge in [0.25, 0.3) is 0 Å². The lowest BCUT2D eigenvalue weighted by molar-refractivity contribution is -0.141. The lowest BCUT2D eigenvalue weighted by atomic mass is 9.42. The zero-order chi connectivity index (χ0) is 24.5. The molecule has 8 rings (SSSR count). The number of hydrogen-bond acceptors (Lipinski definition) is 1. The number of carbonyl (C=O) groups is 1. The molecule has 0 saturated heterocycles. The second kappa shape index (κ2) is 8.08. The van der Waals surface area contributed by atoms with E-state index in [2.05, 4.69) is 72.2 Å². The number of fused-ring (bicyclic) bond motifs is 3. The normalized spacial score (nSPS) is 29.1. The van der Waals surface area contributed by atoms with Gasteiger partial charge in [0.05, 0.1) is 0 Å². The predicted molar refractivity (Wildman–Crippen MR) is 149 cm³/mol. The van der Waals surface area contributed by atoms with Crippen molar-refractivity contribution in [2.24, 2.45) is 17.3 Å². The van der Waals surface area contributed by atoms with E-state index in [4.69, 9.17) is 11.6 Å². The van der Waals surface area contributed by atoms with Crippen LogP contribution in [0.5, 0.6) is 0 Å². The first-order valence-corrected chi connectivity index (χ1v) is 13.9. The van der Waals surface area contributed by atoms with Crippen molar-refractivity contribution in [3.05, 3.63) is 89.0 Å². The predicted octanol–water partition coefficient (Wildman–Crippen LogP) is 8.59. The summed E-state index contributed by atoms with van der Waals surface area (Å²) in [6.45, 7) is 3.14. The van der Waals surface area contributed by atoms with E-state index in [1.54, 1.807) is 0 Å². The molecule has 0 N–H and O–H groups in total. The number of para-hydroxylation sites is 1. The Labute approximate surface area is 218 Å². The highest BCUT2D eigenvalue weighted by Gasteiger charge is 2.60. The van der Waals surface area contributed by atoms with Gasteiger partial charge in [-0.05, 0) is 110 Å². The number of aromatic nitrogens is 1. The van der Waals surface area contributed by atoms with Gasteiger partial charge < -0.3 is 4.57 Å². The zero-order valence-electron chi connectivity index (χ0n) is 20.8. The third-order valence-corrected chi connectivity index (χ3v) is 9.83. The minimum Gasteiger partial charge on any atom is -0.341 e. The van der Waals surface area contributed by atoms with Crippen molar-refractivity contribution < 1.29 is 4.79 Å². The summed E-state index contributed by atoms with van der Waals surface area (Å²) >= 11 is 6.21. The summed E-state index contributed by atoms with van der Waals surface area (Å²) < 4.78 is 2.37. The average Bonchev–Trinajstić information content (AvgIpc) is 3.20. The summed E-state index contributed by atoms with van der Waals surface area (Å²) in [5.41, 5.74) is 4.95. The van der Waals surface area contributed by atoms with E-state index in [1.165, 1.54) is 46.6 Å². The lowest BCUT2D eigenvalue weighted by Gasteiger charge is -2.61. The molecule has 2 unspecified atom stereocenters. The van der Waals surface area contributed by atoms with E-state index in [0.29, 0.717) is 17.6 Å². The molecule has 2 atom stereocenters. The zero-order valence-corrected chi connectivity index (χ0v) is 21.6. The van der Waals surface area contributed by atoms with Crippen LogP contribution in [-0.2, 0) is 16.8 Å². The Morgan fingerprint density at radius 3 is 2.42 bits per heavy atom. The molecule has 0 amide bonds. The molecular weight excluding hydrogens is 462 g/mol. The fraction of sp³-hybridized carbons (Fsp3) is 0.364. The molecule has 2 nitrogen and oxygen atoms in total. The Morgan fingerprint density at radius 1 is 0.944 bits per heavy atom. The first-order valence-electron chi connectivity index (χ1n) is 13.5. The molecule has 1 aromatic heterocycles. The molecule has 0 aliphatic heterocycles. The van der Waals surface area contributed by atoms with Crippen LogP contribution >= 0.6 is 11.6 Å². The van der Waals surface area contributed by atoms with Crippen molar-refractivity contribution in [3.63, 3.8) is 0 Å². The second-order valence-electron chi connectivity index (χ2n) is 11.8. The molecule has 4 bridgehead atoms. The molecule has 0 radical (unpaired) electrons. The molecule has 4 aliphatic carbocycles.